The fourth-order valence-corrected chi connectivity index (χ4v) is 2.45. The second kappa shape index (κ2) is 5.98. The molecule has 1 nitrogen and oxygen atoms in total. The lowest BCUT2D eigenvalue weighted by Crippen LogP contribution is -2.15. The topological polar surface area (TPSA) is 20.2 Å². The van der Waals surface area contributed by atoms with Gasteiger partial charge in [0.25, 0.3) is 0 Å². The van der Waals surface area contributed by atoms with Crippen molar-refractivity contribution in [2.75, 3.05) is 0 Å². The molecular formula is C19H23FO. The van der Waals surface area contributed by atoms with Gasteiger partial charge in [0.15, 0.2) is 0 Å². The summed E-state index contributed by atoms with van der Waals surface area (Å²) in [4.78, 5) is 0. The molecule has 0 radical (unpaired) electrons. The van der Waals surface area contributed by atoms with Gasteiger partial charge in [0.1, 0.15) is 11.9 Å². The summed E-state index contributed by atoms with van der Waals surface area (Å²) in [6.45, 7) is 8.41. The van der Waals surface area contributed by atoms with Crippen molar-refractivity contribution in [2.24, 2.45) is 0 Å². The van der Waals surface area contributed by atoms with E-state index in [2.05, 4.69) is 32.9 Å². The quantitative estimate of drug-likeness (QED) is 0.847. The van der Waals surface area contributed by atoms with Crippen LogP contribution in [-0.2, 0) is 5.41 Å². The third-order valence-corrected chi connectivity index (χ3v) is 4.42. The molecule has 0 saturated carbocycles. The van der Waals surface area contributed by atoms with Crippen LogP contribution < -0.4 is 0 Å². The monoisotopic (exact) mass is 286 g/mol. The summed E-state index contributed by atoms with van der Waals surface area (Å²) in [6.07, 6.45) is 0.343. The first-order chi connectivity index (χ1) is 9.85. The molecule has 0 aliphatic heterocycles. The van der Waals surface area contributed by atoms with Crippen molar-refractivity contribution in [3.8, 4) is 0 Å². The molecule has 2 rings (SSSR count). The maximum absolute atomic E-state index is 13.2. The normalized spacial score (nSPS) is 13.2. The van der Waals surface area contributed by atoms with Gasteiger partial charge in [-0.2, -0.15) is 0 Å². The van der Waals surface area contributed by atoms with E-state index in [-0.39, 0.29) is 11.2 Å². The van der Waals surface area contributed by atoms with Gasteiger partial charge in [-0.05, 0) is 53.1 Å². The molecule has 0 heterocycles. The van der Waals surface area contributed by atoms with Crippen LogP contribution in [0.1, 0.15) is 55.5 Å². The smallest absolute Gasteiger partial charge is 0.123 e. The Morgan fingerprint density at radius 1 is 1.10 bits per heavy atom. The van der Waals surface area contributed by atoms with E-state index in [4.69, 9.17) is 0 Å². The van der Waals surface area contributed by atoms with Crippen molar-refractivity contribution in [1.29, 1.82) is 0 Å². The van der Waals surface area contributed by atoms with Gasteiger partial charge < -0.3 is 5.11 Å². The van der Waals surface area contributed by atoms with Gasteiger partial charge >= 0.3 is 0 Å². The first kappa shape index (κ1) is 15.7. The molecule has 21 heavy (non-hydrogen) atoms. The first-order valence-electron chi connectivity index (χ1n) is 7.39. The molecule has 2 aromatic carbocycles. The highest BCUT2D eigenvalue weighted by molar-refractivity contribution is 5.37. The predicted octanol–water partition coefficient (Wildman–Crippen LogP) is 4.90. The summed E-state index contributed by atoms with van der Waals surface area (Å²) in [5.41, 5.74) is 3.74. The van der Waals surface area contributed by atoms with Crippen LogP contribution in [0.15, 0.2) is 42.5 Å². The van der Waals surface area contributed by atoms with Crippen molar-refractivity contribution in [2.45, 2.75) is 45.6 Å². The summed E-state index contributed by atoms with van der Waals surface area (Å²) in [6, 6.07) is 12.6. The molecular weight excluding hydrogens is 263 g/mol. The summed E-state index contributed by atoms with van der Waals surface area (Å²) in [7, 11) is 0. The number of aliphatic hydroxyl groups is 1. The van der Waals surface area contributed by atoms with E-state index in [0.717, 1.165) is 23.1 Å². The molecule has 1 unspecified atom stereocenters. The number of rotatable bonds is 4. The van der Waals surface area contributed by atoms with E-state index in [9.17, 15) is 9.50 Å². The fraction of sp³-hybridized carbons (Fsp3) is 0.368. The minimum absolute atomic E-state index is 0.134. The fourth-order valence-electron chi connectivity index (χ4n) is 2.45. The van der Waals surface area contributed by atoms with Gasteiger partial charge in [-0.1, -0.05) is 51.1 Å². The lowest BCUT2D eigenvalue weighted by atomic mass is 9.81. The molecule has 0 aromatic heterocycles. The Bertz CT molecular complexity index is 614. The number of hydrogen-bond donors (Lipinski definition) is 1. The Morgan fingerprint density at radius 2 is 1.71 bits per heavy atom. The zero-order chi connectivity index (χ0) is 15.6. The van der Waals surface area contributed by atoms with Crippen LogP contribution in [0, 0.1) is 12.7 Å². The molecule has 0 fully saturated rings. The lowest BCUT2D eigenvalue weighted by molar-refractivity contribution is 0.219. The SMILES string of the molecule is CCC(C)(C)c1ccc(C(O)c2ccc(F)cc2C)cc1. The molecule has 0 amide bonds. The molecule has 1 N–H and O–H groups in total. The largest absolute Gasteiger partial charge is 0.384 e. The van der Waals surface area contributed by atoms with Gasteiger partial charge in [-0.15, -0.1) is 0 Å². The third kappa shape index (κ3) is 3.33. The Labute approximate surface area is 126 Å². The Balaban J connectivity index is 2.30. The van der Waals surface area contributed by atoms with Crippen LogP contribution in [0.2, 0.25) is 0 Å². The molecule has 0 aliphatic rings. The average Bonchev–Trinajstić information content (AvgIpc) is 2.47. The molecule has 2 heteroatoms. The summed E-state index contributed by atoms with van der Waals surface area (Å²) in [5.74, 6) is -0.275. The molecule has 0 bridgehead atoms. The van der Waals surface area contributed by atoms with Gasteiger partial charge in [0.05, 0.1) is 0 Å². The second-order valence-electron chi connectivity index (χ2n) is 6.26. The van der Waals surface area contributed by atoms with Crippen molar-refractivity contribution < 1.29 is 9.50 Å². The average molecular weight is 286 g/mol. The van der Waals surface area contributed by atoms with E-state index in [1.165, 1.54) is 17.7 Å². The van der Waals surface area contributed by atoms with Gasteiger partial charge in [-0.3, -0.25) is 0 Å². The van der Waals surface area contributed by atoms with Gasteiger partial charge in [-0.25, -0.2) is 4.39 Å². The van der Waals surface area contributed by atoms with Crippen molar-refractivity contribution in [3.05, 3.63) is 70.5 Å². The van der Waals surface area contributed by atoms with Crippen molar-refractivity contribution in [1.82, 2.24) is 0 Å². The zero-order valence-electron chi connectivity index (χ0n) is 13.2. The van der Waals surface area contributed by atoms with E-state index in [1.54, 1.807) is 6.07 Å². The minimum Gasteiger partial charge on any atom is -0.384 e. The van der Waals surface area contributed by atoms with Gasteiger partial charge in [0.2, 0.25) is 0 Å². The molecule has 0 aliphatic carbocycles. The number of aliphatic hydroxyl groups excluding tert-OH is 1. The van der Waals surface area contributed by atoms with E-state index < -0.39 is 6.10 Å². The third-order valence-electron chi connectivity index (χ3n) is 4.42. The highest BCUT2D eigenvalue weighted by Gasteiger charge is 2.19. The number of halogens is 1. The zero-order valence-corrected chi connectivity index (χ0v) is 13.2. The maximum Gasteiger partial charge on any atom is 0.123 e. The Morgan fingerprint density at radius 3 is 2.24 bits per heavy atom. The highest BCUT2D eigenvalue weighted by atomic mass is 19.1. The minimum atomic E-state index is -0.718. The number of aryl methyl sites for hydroxylation is 1. The molecule has 0 spiro atoms. The first-order valence-corrected chi connectivity index (χ1v) is 7.39. The standard InChI is InChI=1S/C19H23FO/c1-5-19(3,4)15-8-6-14(7-9-15)18(21)17-11-10-16(20)12-13(17)2/h6-12,18,21H,5H2,1-4H3. The number of benzene rings is 2. The van der Waals surface area contributed by atoms with Crippen molar-refractivity contribution in [3.63, 3.8) is 0 Å². The van der Waals surface area contributed by atoms with Crippen LogP contribution >= 0.6 is 0 Å². The van der Waals surface area contributed by atoms with E-state index >= 15 is 0 Å². The summed E-state index contributed by atoms with van der Waals surface area (Å²) >= 11 is 0. The van der Waals surface area contributed by atoms with E-state index in [1.807, 2.05) is 19.1 Å². The Hall–Kier alpha value is -1.67. The van der Waals surface area contributed by atoms with Gasteiger partial charge in [0, 0.05) is 0 Å². The Kier molecular flexibility index (Phi) is 4.48. The molecule has 112 valence electrons. The van der Waals surface area contributed by atoms with Crippen LogP contribution in [0.25, 0.3) is 0 Å². The van der Waals surface area contributed by atoms with Crippen LogP contribution in [0.4, 0.5) is 4.39 Å². The van der Waals surface area contributed by atoms with Crippen molar-refractivity contribution >= 4 is 0 Å². The van der Waals surface area contributed by atoms with Crippen LogP contribution in [0.3, 0.4) is 0 Å². The lowest BCUT2D eigenvalue weighted by Gasteiger charge is -2.24. The number of hydrogen-bond acceptors (Lipinski definition) is 1. The second-order valence-corrected chi connectivity index (χ2v) is 6.26. The molecule has 1 atom stereocenters. The molecule has 0 saturated heterocycles. The maximum atomic E-state index is 13.2. The molecule has 2 aromatic rings. The predicted molar refractivity (Wildman–Crippen MR) is 85.0 cm³/mol. The van der Waals surface area contributed by atoms with E-state index in [0.29, 0.717) is 0 Å². The van der Waals surface area contributed by atoms with Crippen LogP contribution in [0.5, 0.6) is 0 Å². The highest BCUT2D eigenvalue weighted by Crippen LogP contribution is 2.30. The van der Waals surface area contributed by atoms with Crippen LogP contribution in [-0.4, -0.2) is 5.11 Å². The summed E-state index contributed by atoms with van der Waals surface area (Å²) < 4.78 is 13.2. The summed E-state index contributed by atoms with van der Waals surface area (Å²) in [5, 5.41) is 10.5.